The number of carbonyl (C=O) groups excluding carboxylic acids is 1. The first-order valence-corrected chi connectivity index (χ1v) is 11.1. The molecule has 1 aliphatic carbocycles. The molecule has 30 heavy (non-hydrogen) atoms. The lowest BCUT2D eigenvalue weighted by atomic mass is 10.1. The lowest BCUT2D eigenvalue weighted by molar-refractivity contribution is 0.162. The molecule has 0 unspecified atom stereocenters. The third kappa shape index (κ3) is 3.44. The summed E-state index contributed by atoms with van der Waals surface area (Å²) in [6.07, 6.45) is 3.66. The minimum absolute atomic E-state index is 0.00284. The zero-order chi connectivity index (χ0) is 20.5. The number of aliphatic hydroxyl groups is 1. The van der Waals surface area contributed by atoms with Crippen molar-refractivity contribution < 1.29 is 9.90 Å². The molecule has 2 N–H and O–H groups in total. The average molecular weight is 421 g/mol. The average Bonchev–Trinajstić information content (AvgIpc) is 3.51. The van der Waals surface area contributed by atoms with E-state index in [0.717, 1.165) is 42.3 Å². The smallest absolute Gasteiger partial charge is 0.322 e. The van der Waals surface area contributed by atoms with Crippen molar-refractivity contribution in [2.45, 2.75) is 32.0 Å². The molecule has 0 bridgehead atoms. The highest BCUT2D eigenvalue weighted by molar-refractivity contribution is 7.13. The van der Waals surface area contributed by atoms with Gasteiger partial charge in [-0.2, -0.15) is 0 Å². The van der Waals surface area contributed by atoms with Crippen LogP contribution in [0.15, 0.2) is 54.0 Å². The number of urea groups is 1. The molecule has 1 aliphatic heterocycles. The summed E-state index contributed by atoms with van der Waals surface area (Å²) in [5.41, 5.74) is 5.66. The number of nitrogens with zero attached hydrogens (tertiary/aromatic N) is 3. The Labute approximate surface area is 179 Å². The molecule has 0 spiro atoms. The van der Waals surface area contributed by atoms with Gasteiger partial charge in [-0.25, -0.2) is 9.78 Å². The summed E-state index contributed by atoms with van der Waals surface area (Å²) in [7, 11) is 0. The highest BCUT2D eigenvalue weighted by Crippen LogP contribution is 2.37. The van der Waals surface area contributed by atoms with Crippen LogP contribution < -0.4 is 10.2 Å². The van der Waals surface area contributed by atoms with Crippen LogP contribution in [0.3, 0.4) is 0 Å². The van der Waals surface area contributed by atoms with Gasteiger partial charge in [-0.05, 0) is 35.6 Å². The molecule has 1 atom stereocenters. The second-order valence-electron chi connectivity index (χ2n) is 7.71. The summed E-state index contributed by atoms with van der Waals surface area (Å²) in [6, 6.07) is 14.2. The Morgan fingerprint density at radius 1 is 1.20 bits per heavy atom. The van der Waals surface area contributed by atoms with E-state index in [1.54, 1.807) is 16.2 Å². The molecule has 2 aliphatic rings. The number of fused-ring (bicyclic) bond motifs is 2. The van der Waals surface area contributed by atoms with Crippen LogP contribution >= 0.6 is 11.3 Å². The Morgan fingerprint density at radius 3 is 2.90 bits per heavy atom. The van der Waals surface area contributed by atoms with Gasteiger partial charge >= 0.3 is 6.03 Å². The molecule has 1 aromatic heterocycles. The van der Waals surface area contributed by atoms with Crippen LogP contribution in [0, 0.1) is 0 Å². The Kier molecular flexibility index (Phi) is 5.14. The minimum Gasteiger partial charge on any atom is -0.395 e. The SMILES string of the molecule is O=C(Nc1cccc2c1CN(c1nccs1)C2)N(CCO)[C@@H]1CCc2ccccc21. The lowest BCUT2D eigenvalue weighted by Gasteiger charge is -2.29. The summed E-state index contributed by atoms with van der Waals surface area (Å²) in [5.74, 6) is 0. The molecule has 154 valence electrons. The molecule has 2 heterocycles. The lowest BCUT2D eigenvalue weighted by Crippen LogP contribution is -2.39. The molecular weight excluding hydrogens is 396 g/mol. The van der Waals surface area contributed by atoms with Gasteiger partial charge in [-0.1, -0.05) is 36.4 Å². The van der Waals surface area contributed by atoms with Crippen molar-refractivity contribution in [1.29, 1.82) is 0 Å². The summed E-state index contributed by atoms with van der Waals surface area (Å²) >= 11 is 1.62. The predicted octanol–water partition coefficient (Wildman–Crippen LogP) is 4.18. The van der Waals surface area contributed by atoms with Gasteiger partial charge in [0.05, 0.1) is 12.6 Å². The molecule has 6 nitrogen and oxygen atoms in total. The predicted molar refractivity (Wildman–Crippen MR) is 119 cm³/mol. The van der Waals surface area contributed by atoms with E-state index in [4.69, 9.17) is 0 Å². The third-order valence-corrected chi connectivity index (χ3v) is 6.83. The van der Waals surface area contributed by atoms with Gasteiger partial charge in [0.15, 0.2) is 5.13 Å². The van der Waals surface area contributed by atoms with Crippen LogP contribution in [-0.2, 0) is 19.5 Å². The molecule has 2 amide bonds. The molecule has 3 aromatic rings. The first kappa shape index (κ1) is 19.1. The van der Waals surface area contributed by atoms with E-state index in [0.29, 0.717) is 6.54 Å². The number of hydrogen-bond donors (Lipinski definition) is 2. The largest absolute Gasteiger partial charge is 0.395 e. The Balaban J connectivity index is 1.37. The normalized spacial score (nSPS) is 17.0. The van der Waals surface area contributed by atoms with Crippen LogP contribution in [0.2, 0.25) is 0 Å². The fraction of sp³-hybridized carbons (Fsp3) is 0.304. The molecule has 0 radical (unpaired) electrons. The molecule has 7 heteroatoms. The quantitative estimate of drug-likeness (QED) is 0.650. The first-order chi connectivity index (χ1) is 14.7. The maximum Gasteiger partial charge on any atom is 0.322 e. The van der Waals surface area contributed by atoms with Gasteiger partial charge in [0.1, 0.15) is 0 Å². The van der Waals surface area contributed by atoms with E-state index in [-0.39, 0.29) is 18.7 Å². The van der Waals surface area contributed by atoms with E-state index < -0.39 is 0 Å². The van der Waals surface area contributed by atoms with Crippen molar-refractivity contribution in [2.24, 2.45) is 0 Å². The highest BCUT2D eigenvalue weighted by Gasteiger charge is 2.31. The van der Waals surface area contributed by atoms with Gasteiger partial charge in [-0.3, -0.25) is 0 Å². The molecule has 5 rings (SSSR count). The number of aliphatic hydroxyl groups excluding tert-OH is 1. The van der Waals surface area contributed by atoms with Crippen molar-refractivity contribution in [2.75, 3.05) is 23.4 Å². The topological polar surface area (TPSA) is 68.7 Å². The van der Waals surface area contributed by atoms with Crippen LogP contribution in [0.25, 0.3) is 0 Å². The number of anilines is 2. The summed E-state index contributed by atoms with van der Waals surface area (Å²) in [6.45, 7) is 1.77. The van der Waals surface area contributed by atoms with E-state index in [2.05, 4.69) is 33.4 Å². The van der Waals surface area contributed by atoms with Crippen molar-refractivity contribution in [3.8, 4) is 0 Å². The second-order valence-corrected chi connectivity index (χ2v) is 8.59. The monoisotopic (exact) mass is 420 g/mol. The van der Waals surface area contributed by atoms with E-state index >= 15 is 0 Å². The number of rotatable bonds is 5. The van der Waals surface area contributed by atoms with E-state index in [1.165, 1.54) is 16.7 Å². The fourth-order valence-electron chi connectivity index (χ4n) is 4.60. The number of amides is 2. The molecule has 0 fully saturated rings. The van der Waals surface area contributed by atoms with Crippen molar-refractivity contribution >= 4 is 28.2 Å². The van der Waals surface area contributed by atoms with Gasteiger partial charge < -0.3 is 20.2 Å². The van der Waals surface area contributed by atoms with E-state index in [1.807, 2.05) is 35.8 Å². The molecule has 2 aromatic carbocycles. The molecular formula is C23H24N4O2S. The van der Waals surface area contributed by atoms with Crippen LogP contribution in [-0.4, -0.2) is 34.2 Å². The van der Waals surface area contributed by atoms with Crippen molar-refractivity contribution in [3.63, 3.8) is 0 Å². The second kappa shape index (κ2) is 8.08. The number of nitrogens with one attached hydrogen (secondary N) is 1. The molecule has 0 saturated carbocycles. The number of hydrogen-bond acceptors (Lipinski definition) is 5. The number of carbonyl (C=O) groups is 1. The van der Waals surface area contributed by atoms with Gasteiger partial charge in [0.25, 0.3) is 0 Å². The maximum atomic E-state index is 13.3. The zero-order valence-electron chi connectivity index (χ0n) is 16.6. The summed E-state index contributed by atoms with van der Waals surface area (Å²) in [5, 5.41) is 15.7. The number of benzene rings is 2. The van der Waals surface area contributed by atoms with Gasteiger partial charge in [-0.15, -0.1) is 11.3 Å². The van der Waals surface area contributed by atoms with Gasteiger partial charge in [0.2, 0.25) is 0 Å². The Hall–Kier alpha value is -2.90. The number of aromatic nitrogens is 1. The standard InChI is InChI=1S/C23H24N4O2S/c28-12-11-27(21-9-8-16-4-1-2-6-18(16)21)22(29)25-20-7-3-5-17-14-26(15-19(17)20)23-24-10-13-30-23/h1-7,10,13,21,28H,8-9,11-12,14-15H2,(H,25,29)/t21-/m1/s1. The van der Waals surface area contributed by atoms with Crippen LogP contribution in [0.4, 0.5) is 15.6 Å². The summed E-state index contributed by atoms with van der Waals surface area (Å²) in [4.78, 5) is 21.7. The number of thiazole rings is 1. The molecule has 0 saturated heterocycles. The van der Waals surface area contributed by atoms with Gasteiger partial charge in [0, 0.05) is 42.5 Å². The fourth-order valence-corrected chi connectivity index (χ4v) is 5.24. The summed E-state index contributed by atoms with van der Waals surface area (Å²) < 4.78 is 0. The van der Waals surface area contributed by atoms with Crippen LogP contribution in [0.1, 0.15) is 34.7 Å². The third-order valence-electron chi connectivity index (χ3n) is 5.99. The highest BCUT2D eigenvalue weighted by atomic mass is 32.1. The minimum atomic E-state index is -0.160. The Bertz CT molecular complexity index is 1050. The van der Waals surface area contributed by atoms with Crippen molar-refractivity contribution in [1.82, 2.24) is 9.88 Å². The van der Waals surface area contributed by atoms with Crippen molar-refractivity contribution in [3.05, 3.63) is 76.3 Å². The van der Waals surface area contributed by atoms with Crippen LogP contribution in [0.5, 0.6) is 0 Å². The maximum absolute atomic E-state index is 13.3. The zero-order valence-corrected chi connectivity index (χ0v) is 17.4. The Morgan fingerprint density at radius 2 is 2.07 bits per heavy atom. The number of aryl methyl sites for hydroxylation is 1. The first-order valence-electron chi connectivity index (χ1n) is 10.3. The van der Waals surface area contributed by atoms with E-state index in [9.17, 15) is 9.90 Å².